The number of fused-ring (bicyclic) bond motifs is 1. The summed E-state index contributed by atoms with van der Waals surface area (Å²) in [5, 5.41) is 0. The molecule has 5 atom stereocenters. The first kappa shape index (κ1) is 20.0. The van der Waals surface area contributed by atoms with Gasteiger partial charge in [-0.1, -0.05) is 32.8 Å². The zero-order valence-electron chi connectivity index (χ0n) is 16.3. The Labute approximate surface area is 152 Å². The normalized spacial score (nSPS) is 40.4. The lowest BCUT2D eigenvalue weighted by Crippen LogP contribution is -2.76. The topological polar surface area (TPSA) is 44.8 Å². The molecular formula is C21H32O4. The van der Waals surface area contributed by atoms with Crippen LogP contribution in [-0.2, 0) is 19.0 Å². The average Bonchev–Trinajstić information content (AvgIpc) is 2.58. The monoisotopic (exact) mass is 348 g/mol. The van der Waals surface area contributed by atoms with Crippen LogP contribution in [0.2, 0.25) is 0 Å². The van der Waals surface area contributed by atoms with Gasteiger partial charge in [0, 0.05) is 25.0 Å². The molecule has 0 radical (unpaired) electrons. The first-order valence-corrected chi connectivity index (χ1v) is 9.47. The Balaban J connectivity index is 2.77. The highest BCUT2D eigenvalue weighted by molar-refractivity contribution is 5.74. The molecule has 1 heterocycles. The Hall–Kier alpha value is -1.31. The largest absolute Gasteiger partial charge is 0.440 e. The first-order chi connectivity index (χ1) is 11.9. The third-order valence-corrected chi connectivity index (χ3v) is 5.82. The molecule has 2 fully saturated rings. The summed E-state index contributed by atoms with van der Waals surface area (Å²) in [5.41, 5.74) is -2.42. The van der Waals surface area contributed by atoms with E-state index < -0.39 is 16.6 Å². The number of rotatable bonds is 5. The molecule has 0 aromatic heterocycles. The highest BCUT2D eigenvalue weighted by Crippen LogP contribution is 2.59. The lowest BCUT2D eigenvalue weighted by molar-refractivity contribution is -0.296. The summed E-state index contributed by atoms with van der Waals surface area (Å²) >= 11 is 0. The van der Waals surface area contributed by atoms with Crippen molar-refractivity contribution in [3.8, 4) is 11.8 Å². The van der Waals surface area contributed by atoms with Crippen molar-refractivity contribution >= 4 is 5.97 Å². The molecule has 2 rings (SSSR count). The summed E-state index contributed by atoms with van der Waals surface area (Å²) in [7, 11) is 0. The van der Waals surface area contributed by atoms with Gasteiger partial charge in [-0.25, -0.2) is 0 Å². The second kappa shape index (κ2) is 7.51. The SMILES string of the molecule is C=C[C@@]1(C)CC(=O)OC2(C#CCC)C(OCC)C(C)CC[C@@]21OCC. The predicted octanol–water partition coefficient (Wildman–Crippen LogP) is 3.89. The molecule has 1 aliphatic carbocycles. The summed E-state index contributed by atoms with van der Waals surface area (Å²) in [6, 6.07) is 0. The molecule has 4 heteroatoms. The van der Waals surface area contributed by atoms with Crippen LogP contribution < -0.4 is 0 Å². The Morgan fingerprint density at radius 2 is 2.08 bits per heavy atom. The van der Waals surface area contributed by atoms with Crippen molar-refractivity contribution < 1.29 is 19.0 Å². The maximum absolute atomic E-state index is 12.6. The summed E-state index contributed by atoms with van der Waals surface area (Å²) < 4.78 is 18.6. The van der Waals surface area contributed by atoms with Gasteiger partial charge in [-0.3, -0.25) is 4.79 Å². The maximum atomic E-state index is 12.6. The summed E-state index contributed by atoms with van der Waals surface area (Å²) in [5.74, 6) is 6.43. The van der Waals surface area contributed by atoms with E-state index in [4.69, 9.17) is 14.2 Å². The van der Waals surface area contributed by atoms with E-state index >= 15 is 0 Å². The zero-order chi connectivity index (χ0) is 18.7. The van der Waals surface area contributed by atoms with Gasteiger partial charge in [0.1, 0.15) is 11.7 Å². The molecule has 0 bridgehead atoms. The smallest absolute Gasteiger partial charge is 0.308 e. The third-order valence-electron chi connectivity index (χ3n) is 5.82. The minimum atomic E-state index is -1.11. The van der Waals surface area contributed by atoms with Crippen LogP contribution in [0.15, 0.2) is 12.7 Å². The summed E-state index contributed by atoms with van der Waals surface area (Å²) in [6.45, 7) is 15.2. The van der Waals surface area contributed by atoms with Crippen molar-refractivity contribution in [1.29, 1.82) is 0 Å². The number of ether oxygens (including phenoxy) is 3. The fourth-order valence-corrected chi connectivity index (χ4v) is 4.61. The Morgan fingerprint density at radius 3 is 2.64 bits per heavy atom. The lowest BCUT2D eigenvalue weighted by Gasteiger charge is -2.62. The molecule has 4 nitrogen and oxygen atoms in total. The van der Waals surface area contributed by atoms with Crippen molar-refractivity contribution in [3.05, 3.63) is 12.7 Å². The Kier molecular flexibility index (Phi) is 6.01. The van der Waals surface area contributed by atoms with Gasteiger partial charge in [0.25, 0.3) is 0 Å². The van der Waals surface area contributed by atoms with Gasteiger partial charge in [0.2, 0.25) is 5.60 Å². The van der Waals surface area contributed by atoms with Crippen molar-refractivity contribution in [3.63, 3.8) is 0 Å². The van der Waals surface area contributed by atoms with Gasteiger partial charge < -0.3 is 14.2 Å². The van der Waals surface area contributed by atoms with Gasteiger partial charge in [-0.05, 0) is 38.5 Å². The Bertz CT molecular complexity index is 574. The predicted molar refractivity (Wildman–Crippen MR) is 98.0 cm³/mol. The minimum Gasteiger partial charge on any atom is -0.440 e. The van der Waals surface area contributed by atoms with Crippen LogP contribution >= 0.6 is 0 Å². The van der Waals surface area contributed by atoms with Gasteiger partial charge in [-0.15, -0.1) is 6.58 Å². The van der Waals surface area contributed by atoms with E-state index in [2.05, 4.69) is 25.3 Å². The maximum Gasteiger partial charge on any atom is 0.308 e. The number of carbonyl (C=O) groups excluding carboxylic acids is 1. The first-order valence-electron chi connectivity index (χ1n) is 9.47. The molecule has 0 N–H and O–H groups in total. The van der Waals surface area contributed by atoms with Crippen LogP contribution in [0.1, 0.15) is 60.3 Å². The fraction of sp³-hybridized carbons (Fsp3) is 0.762. The second-order valence-electron chi connectivity index (χ2n) is 7.32. The van der Waals surface area contributed by atoms with Gasteiger partial charge in [0.05, 0.1) is 6.42 Å². The van der Waals surface area contributed by atoms with Gasteiger partial charge in [0.15, 0.2) is 0 Å². The molecule has 3 unspecified atom stereocenters. The molecular weight excluding hydrogens is 316 g/mol. The number of hydrogen-bond acceptors (Lipinski definition) is 4. The summed E-state index contributed by atoms with van der Waals surface area (Å²) in [4.78, 5) is 12.6. The molecule has 1 saturated heterocycles. The summed E-state index contributed by atoms with van der Waals surface area (Å²) in [6.07, 6.45) is 4.16. The number of carbonyl (C=O) groups is 1. The number of esters is 1. The highest BCUT2D eigenvalue weighted by atomic mass is 16.6. The average molecular weight is 348 g/mol. The van der Waals surface area contributed by atoms with Crippen LogP contribution in [0.25, 0.3) is 0 Å². The Morgan fingerprint density at radius 1 is 1.36 bits per heavy atom. The van der Waals surface area contributed by atoms with Crippen molar-refractivity contribution in [2.45, 2.75) is 77.6 Å². The van der Waals surface area contributed by atoms with Crippen LogP contribution in [0.4, 0.5) is 0 Å². The highest BCUT2D eigenvalue weighted by Gasteiger charge is 2.72. The molecule has 0 aromatic rings. The molecule has 1 aliphatic heterocycles. The van der Waals surface area contributed by atoms with Crippen molar-refractivity contribution in [2.75, 3.05) is 13.2 Å². The molecule has 25 heavy (non-hydrogen) atoms. The van der Waals surface area contributed by atoms with E-state index in [0.717, 1.165) is 12.8 Å². The quantitative estimate of drug-likeness (QED) is 0.429. The standard InChI is InChI=1S/C21H32O4/c1-7-11-13-20-18(23-9-3)16(5)12-14-21(20,24-10-4)19(6,8-2)15-17(22)25-20/h8,16,18H,2,7,9-10,12,14-15H2,1,3-6H3/t16?,18?,19-,20?,21-/m0/s1. The molecule has 0 amide bonds. The van der Waals surface area contributed by atoms with E-state index in [-0.39, 0.29) is 24.4 Å². The van der Waals surface area contributed by atoms with E-state index in [1.807, 2.05) is 33.8 Å². The van der Waals surface area contributed by atoms with Crippen LogP contribution in [0.3, 0.4) is 0 Å². The van der Waals surface area contributed by atoms with Crippen molar-refractivity contribution in [2.24, 2.45) is 11.3 Å². The molecule has 1 saturated carbocycles. The van der Waals surface area contributed by atoms with Crippen LogP contribution in [0.5, 0.6) is 0 Å². The lowest BCUT2D eigenvalue weighted by atomic mass is 9.53. The van der Waals surface area contributed by atoms with Crippen LogP contribution in [0, 0.1) is 23.2 Å². The molecule has 0 spiro atoms. The van der Waals surface area contributed by atoms with E-state index in [0.29, 0.717) is 19.6 Å². The van der Waals surface area contributed by atoms with Crippen LogP contribution in [-0.4, -0.2) is 36.5 Å². The molecule has 0 aromatic carbocycles. The second-order valence-corrected chi connectivity index (χ2v) is 7.32. The molecule has 140 valence electrons. The zero-order valence-corrected chi connectivity index (χ0v) is 16.3. The third kappa shape index (κ3) is 2.92. The fourth-order valence-electron chi connectivity index (χ4n) is 4.61. The van der Waals surface area contributed by atoms with E-state index in [1.165, 1.54) is 0 Å². The van der Waals surface area contributed by atoms with E-state index in [1.54, 1.807) is 0 Å². The minimum absolute atomic E-state index is 0.222. The van der Waals surface area contributed by atoms with Crippen molar-refractivity contribution in [1.82, 2.24) is 0 Å². The molecule has 2 aliphatic rings. The van der Waals surface area contributed by atoms with E-state index in [9.17, 15) is 4.79 Å². The van der Waals surface area contributed by atoms with Gasteiger partial charge in [-0.2, -0.15) is 0 Å². The number of hydrogen-bond donors (Lipinski definition) is 0. The van der Waals surface area contributed by atoms with Gasteiger partial charge >= 0.3 is 5.97 Å².